The van der Waals surface area contributed by atoms with Crippen LogP contribution in [0.5, 0.6) is 0 Å². The topological polar surface area (TPSA) is 113 Å². The Kier molecular flexibility index (Phi) is 9.51. The molecule has 0 saturated carbocycles. The first-order valence-electron chi connectivity index (χ1n) is 11.9. The van der Waals surface area contributed by atoms with Crippen molar-refractivity contribution in [1.82, 2.24) is 10.6 Å². The van der Waals surface area contributed by atoms with Gasteiger partial charge in [0.2, 0.25) is 0 Å². The minimum Gasteiger partial charge on any atom is -0.443 e. The zero-order valence-electron chi connectivity index (χ0n) is 19.7. The molecule has 5 unspecified atom stereocenters. The monoisotopic (exact) mass is 459 g/mol. The van der Waals surface area contributed by atoms with Gasteiger partial charge in [0.25, 0.3) is 0 Å². The second-order valence-electron chi connectivity index (χ2n) is 9.78. The first-order chi connectivity index (χ1) is 15.9. The van der Waals surface area contributed by atoms with Crippen LogP contribution in [0, 0.1) is 22.7 Å². The number of aliphatic hydroxyl groups is 1. The van der Waals surface area contributed by atoms with Crippen LogP contribution >= 0.6 is 0 Å². The molecule has 0 bridgehead atoms. The van der Waals surface area contributed by atoms with Gasteiger partial charge in [0.05, 0.1) is 37.3 Å². The van der Waals surface area contributed by atoms with Gasteiger partial charge in [-0.15, -0.1) is 0 Å². The first-order valence-corrected chi connectivity index (χ1v) is 11.9. The molecule has 0 aromatic heterocycles. The molecule has 3 N–H and O–H groups in total. The Morgan fingerprint density at radius 1 is 1.33 bits per heavy atom. The van der Waals surface area contributed by atoms with E-state index in [2.05, 4.69) is 30.6 Å². The molecule has 182 valence electrons. The Morgan fingerprint density at radius 2 is 2.12 bits per heavy atom. The SMILES string of the molecule is CC(C)(CCCC#N)CNCC(O)C(Cc1ccccc1)NC(=O)OC1COC2OCCC12. The maximum atomic E-state index is 12.7. The molecule has 2 aliphatic rings. The number of hydrogen-bond acceptors (Lipinski definition) is 7. The predicted octanol–water partition coefficient (Wildman–Crippen LogP) is 2.76. The predicted molar refractivity (Wildman–Crippen MR) is 123 cm³/mol. The fourth-order valence-electron chi connectivity index (χ4n) is 4.46. The highest BCUT2D eigenvalue weighted by Crippen LogP contribution is 2.33. The molecule has 2 fully saturated rings. The molecule has 3 rings (SSSR count). The third kappa shape index (κ3) is 7.97. The molecule has 5 atom stereocenters. The molecule has 33 heavy (non-hydrogen) atoms. The van der Waals surface area contributed by atoms with Gasteiger partial charge in [-0.05, 0) is 36.7 Å². The fourth-order valence-corrected chi connectivity index (χ4v) is 4.46. The van der Waals surface area contributed by atoms with Crippen molar-refractivity contribution in [2.24, 2.45) is 11.3 Å². The number of amides is 1. The van der Waals surface area contributed by atoms with Crippen molar-refractivity contribution in [3.8, 4) is 6.07 Å². The van der Waals surface area contributed by atoms with Crippen molar-refractivity contribution in [2.45, 2.75) is 70.5 Å². The normalized spacial score (nSPS) is 24.0. The van der Waals surface area contributed by atoms with E-state index in [-0.39, 0.29) is 23.7 Å². The summed E-state index contributed by atoms with van der Waals surface area (Å²) in [5.74, 6) is 0.0678. The van der Waals surface area contributed by atoms with Crippen LogP contribution in [0.3, 0.4) is 0 Å². The number of carbonyl (C=O) groups excluding carboxylic acids is 1. The summed E-state index contributed by atoms with van der Waals surface area (Å²) in [6.07, 6.45) is 1.67. The van der Waals surface area contributed by atoms with Gasteiger partial charge >= 0.3 is 6.09 Å². The summed E-state index contributed by atoms with van der Waals surface area (Å²) in [5.41, 5.74) is 1.03. The largest absolute Gasteiger partial charge is 0.443 e. The van der Waals surface area contributed by atoms with E-state index in [0.717, 1.165) is 24.8 Å². The average molecular weight is 460 g/mol. The summed E-state index contributed by atoms with van der Waals surface area (Å²) in [7, 11) is 0. The van der Waals surface area contributed by atoms with Crippen LogP contribution in [0.2, 0.25) is 0 Å². The lowest BCUT2D eigenvalue weighted by atomic mass is 9.87. The Hall–Kier alpha value is -2.18. The maximum Gasteiger partial charge on any atom is 0.407 e. The van der Waals surface area contributed by atoms with E-state index < -0.39 is 18.2 Å². The third-order valence-corrected chi connectivity index (χ3v) is 6.41. The van der Waals surface area contributed by atoms with Crippen LogP contribution in [0.25, 0.3) is 0 Å². The minimum absolute atomic E-state index is 0.0141. The first kappa shape index (κ1) is 25.4. The molecule has 2 saturated heterocycles. The Morgan fingerprint density at radius 3 is 2.88 bits per heavy atom. The highest BCUT2D eigenvalue weighted by molar-refractivity contribution is 5.68. The number of nitrogens with one attached hydrogen (secondary N) is 2. The summed E-state index contributed by atoms with van der Waals surface area (Å²) < 4.78 is 16.7. The van der Waals surface area contributed by atoms with Gasteiger partial charge < -0.3 is 30.0 Å². The number of nitriles is 1. The van der Waals surface area contributed by atoms with E-state index in [0.29, 0.717) is 39.1 Å². The van der Waals surface area contributed by atoms with Crippen molar-refractivity contribution in [3.05, 3.63) is 35.9 Å². The van der Waals surface area contributed by atoms with Gasteiger partial charge in [-0.3, -0.25) is 0 Å². The average Bonchev–Trinajstić information content (AvgIpc) is 3.39. The molecule has 2 aliphatic heterocycles. The van der Waals surface area contributed by atoms with Gasteiger partial charge in [-0.1, -0.05) is 44.2 Å². The standard InChI is InChI=1S/C25H37N3O5/c1-25(2,11-6-7-12-26)17-27-15-21(29)20(14-18-8-4-3-5-9-18)28-24(30)33-22-16-32-23-19(22)10-13-31-23/h3-5,8-9,19-23,27,29H,6-7,10-11,13-17H2,1-2H3,(H,28,30). The number of nitrogens with zero attached hydrogens (tertiary/aromatic N) is 1. The minimum atomic E-state index is -0.796. The van der Waals surface area contributed by atoms with Gasteiger partial charge in [-0.25, -0.2) is 4.79 Å². The van der Waals surface area contributed by atoms with Crippen LogP contribution in [-0.4, -0.2) is 62.0 Å². The Balaban J connectivity index is 1.53. The number of ether oxygens (including phenoxy) is 3. The number of fused-ring (bicyclic) bond motifs is 1. The second-order valence-corrected chi connectivity index (χ2v) is 9.78. The molecule has 1 aromatic rings. The summed E-state index contributed by atoms with van der Waals surface area (Å²) in [4.78, 5) is 12.7. The summed E-state index contributed by atoms with van der Waals surface area (Å²) in [6.45, 7) is 6.28. The van der Waals surface area contributed by atoms with Crippen LogP contribution in [0.1, 0.15) is 45.1 Å². The van der Waals surface area contributed by atoms with E-state index >= 15 is 0 Å². The fraction of sp³-hybridized carbons (Fsp3) is 0.680. The van der Waals surface area contributed by atoms with E-state index in [4.69, 9.17) is 19.5 Å². The number of carbonyl (C=O) groups is 1. The van der Waals surface area contributed by atoms with Crippen molar-refractivity contribution in [1.29, 1.82) is 5.26 Å². The van der Waals surface area contributed by atoms with Gasteiger partial charge in [0, 0.05) is 19.5 Å². The number of unbranched alkanes of at least 4 members (excludes halogenated alkanes) is 1. The van der Waals surface area contributed by atoms with Crippen LogP contribution in [-0.2, 0) is 20.6 Å². The highest BCUT2D eigenvalue weighted by atomic mass is 16.7. The van der Waals surface area contributed by atoms with Crippen LogP contribution < -0.4 is 10.6 Å². The van der Waals surface area contributed by atoms with Gasteiger partial charge in [0.1, 0.15) is 6.10 Å². The molecule has 2 heterocycles. The van der Waals surface area contributed by atoms with E-state index in [1.165, 1.54) is 0 Å². The van der Waals surface area contributed by atoms with E-state index in [1.54, 1.807) is 0 Å². The lowest BCUT2D eigenvalue weighted by molar-refractivity contribution is -0.0907. The number of rotatable bonds is 12. The number of benzene rings is 1. The lowest BCUT2D eigenvalue weighted by Gasteiger charge is -2.28. The summed E-state index contributed by atoms with van der Waals surface area (Å²) in [5, 5.41) is 25.9. The van der Waals surface area contributed by atoms with Crippen LogP contribution in [0.15, 0.2) is 30.3 Å². The van der Waals surface area contributed by atoms with E-state index in [9.17, 15) is 9.90 Å². The molecule has 0 spiro atoms. The zero-order chi connectivity index (χ0) is 23.7. The molecular weight excluding hydrogens is 422 g/mol. The lowest BCUT2D eigenvalue weighted by Crippen LogP contribution is -2.50. The number of alkyl carbamates (subject to hydrolysis) is 1. The van der Waals surface area contributed by atoms with E-state index in [1.807, 2.05) is 30.3 Å². The quantitative estimate of drug-likeness (QED) is 0.412. The molecule has 1 aromatic carbocycles. The zero-order valence-corrected chi connectivity index (χ0v) is 19.7. The van der Waals surface area contributed by atoms with Crippen molar-refractivity contribution >= 4 is 6.09 Å². The molecule has 8 nitrogen and oxygen atoms in total. The molecule has 0 radical (unpaired) electrons. The van der Waals surface area contributed by atoms with Gasteiger partial charge in [0.15, 0.2) is 6.29 Å². The molecule has 0 aliphatic carbocycles. The smallest absolute Gasteiger partial charge is 0.407 e. The second kappa shape index (κ2) is 12.3. The van der Waals surface area contributed by atoms with Crippen molar-refractivity contribution in [2.75, 3.05) is 26.3 Å². The van der Waals surface area contributed by atoms with Crippen molar-refractivity contribution in [3.63, 3.8) is 0 Å². The number of hydrogen-bond donors (Lipinski definition) is 3. The third-order valence-electron chi connectivity index (χ3n) is 6.41. The maximum absolute atomic E-state index is 12.7. The summed E-state index contributed by atoms with van der Waals surface area (Å²) >= 11 is 0. The molecule has 1 amide bonds. The van der Waals surface area contributed by atoms with Gasteiger partial charge in [-0.2, -0.15) is 5.26 Å². The van der Waals surface area contributed by atoms with Crippen LogP contribution in [0.4, 0.5) is 4.79 Å². The highest BCUT2D eigenvalue weighted by Gasteiger charge is 2.44. The van der Waals surface area contributed by atoms with Crippen molar-refractivity contribution < 1.29 is 24.1 Å². The Labute approximate surface area is 196 Å². The number of aliphatic hydroxyl groups excluding tert-OH is 1. The molecule has 8 heteroatoms. The molecular formula is C25H37N3O5. The summed E-state index contributed by atoms with van der Waals surface area (Å²) in [6, 6.07) is 11.4. The Bertz CT molecular complexity index is 782.